The van der Waals surface area contributed by atoms with Gasteiger partial charge in [0.25, 0.3) is 0 Å². The third kappa shape index (κ3) is 3.30. The molecule has 1 heterocycles. The van der Waals surface area contributed by atoms with Crippen LogP contribution < -0.4 is 5.32 Å². The lowest BCUT2D eigenvalue weighted by Crippen LogP contribution is -2.44. The molecule has 108 valence electrons. The molecule has 2 unspecified atom stereocenters. The molecule has 0 spiro atoms. The summed E-state index contributed by atoms with van der Waals surface area (Å²) in [4.78, 5) is 0. The molecule has 0 amide bonds. The summed E-state index contributed by atoms with van der Waals surface area (Å²) in [5, 5.41) is 13.4. The first-order chi connectivity index (χ1) is 9.51. The Labute approximate surface area is 120 Å². The zero-order chi connectivity index (χ0) is 14.6. The number of benzene rings is 1. The van der Waals surface area contributed by atoms with Crippen molar-refractivity contribution in [3.05, 3.63) is 60.1 Å². The fourth-order valence-corrected chi connectivity index (χ4v) is 2.24. The van der Waals surface area contributed by atoms with Gasteiger partial charge in [0.15, 0.2) is 0 Å². The van der Waals surface area contributed by atoms with E-state index >= 15 is 0 Å². The lowest BCUT2D eigenvalue weighted by Gasteiger charge is -2.33. The topological polar surface area (TPSA) is 45.4 Å². The normalized spacial score (nSPS) is 15.0. The Morgan fingerprint density at radius 2 is 1.85 bits per heavy atom. The van der Waals surface area contributed by atoms with E-state index in [9.17, 15) is 5.11 Å². The van der Waals surface area contributed by atoms with Gasteiger partial charge in [0.2, 0.25) is 0 Å². The molecule has 20 heavy (non-hydrogen) atoms. The largest absolute Gasteiger partial charge is 0.467 e. The summed E-state index contributed by atoms with van der Waals surface area (Å²) in [5.41, 5.74) is 1.27. The van der Waals surface area contributed by atoms with Crippen LogP contribution in [0.15, 0.2) is 53.1 Å². The lowest BCUT2D eigenvalue weighted by molar-refractivity contribution is 0.139. The number of hydrogen-bond donors (Lipinski definition) is 2. The fourth-order valence-electron chi connectivity index (χ4n) is 2.24. The van der Waals surface area contributed by atoms with Crippen LogP contribution >= 0.6 is 0 Å². The average Bonchev–Trinajstić information content (AvgIpc) is 2.99. The van der Waals surface area contributed by atoms with Crippen molar-refractivity contribution in [2.45, 2.75) is 38.3 Å². The number of nitrogens with one attached hydrogen (secondary N) is 1. The lowest BCUT2D eigenvalue weighted by atomic mass is 9.78. The Morgan fingerprint density at radius 1 is 1.15 bits per heavy atom. The second-order valence-electron chi connectivity index (χ2n) is 5.75. The molecule has 3 nitrogen and oxygen atoms in total. The van der Waals surface area contributed by atoms with Crippen molar-refractivity contribution < 1.29 is 9.52 Å². The maximum absolute atomic E-state index is 10.0. The average molecular weight is 273 g/mol. The molecule has 2 rings (SSSR count). The molecule has 0 aliphatic carbocycles. The van der Waals surface area contributed by atoms with E-state index in [2.05, 4.69) is 50.4 Å². The minimum absolute atomic E-state index is 0.00978. The molecule has 0 aliphatic heterocycles. The molecule has 3 heteroatoms. The molecule has 0 saturated heterocycles. The van der Waals surface area contributed by atoms with Crippen molar-refractivity contribution in [2.75, 3.05) is 6.54 Å². The highest BCUT2D eigenvalue weighted by Crippen LogP contribution is 2.27. The van der Waals surface area contributed by atoms with E-state index in [-0.39, 0.29) is 11.5 Å². The Kier molecular flexibility index (Phi) is 4.63. The number of hydrogen-bond acceptors (Lipinski definition) is 3. The Morgan fingerprint density at radius 3 is 2.45 bits per heavy atom. The van der Waals surface area contributed by atoms with E-state index in [1.54, 1.807) is 18.4 Å². The van der Waals surface area contributed by atoms with Gasteiger partial charge in [-0.1, -0.05) is 44.2 Å². The molecule has 2 atom stereocenters. The molecule has 0 aliphatic rings. The number of aliphatic hydroxyl groups excluding tert-OH is 1. The van der Waals surface area contributed by atoms with Gasteiger partial charge >= 0.3 is 0 Å². The van der Waals surface area contributed by atoms with Gasteiger partial charge in [-0.15, -0.1) is 0 Å². The summed E-state index contributed by atoms with van der Waals surface area (Å²) in [7, 11) is 0. The highest BCUT2D eigenvalue weighted by molar-refractivity contribution is 5.25. The molecular formula is C17H23NO2. The van der Waals surface area contributed by atoms with Crippen LogP contribution in [-0.4, -0.2) is 17.7 Å². The van der Waals surface area contributed by atoms with E-state index in [1.165, 1.54) is 5.56 Å². The highest BCUT2D eigenvalue weighted by atomic mass is 16.4. The SMILES string of the molecule is CC(NCC(O)c1ccco1)C(C)(C)c1ccccc1. The maximum atomic E-state index is 10.0. The van der Waals surface area contributed by atoms with E-state index in [1.807, 2.05) is 6.07 Å². The van der Waals surface area contributed by atoms with Crippen molar-refractivity contribution in [2.24, 2.45) is 0 Å². The van der Waals surface area contributed by atoms with Gasteiger partial charge in [-0.2, -0.15) is 0 Å². The van der Waals surface area contributed by atoms with E-state index < -0.39 is 6.10 Å². The Hall–Kier alpha value is -1.58. The molecule has 1 aromatic carbocycles. The predicted molar refractivity (Wildman–Crippen MR) is 80.6 cm³/mol. The molecule has 0 radical (unpaired) electrons. The highest BCUT2D eigenvalue weighted by Gasteiger charge is 2.28. The van der Waals surface area contributed by atoms with Crippen molar-refractivity contribution in [3.8, 4) is 0 Å². The van der Waals surface area contributed by atoms with E-state index in [0.29, 0.717) is 12.3 Å². The van der Waals surface area contributed by atoms with Gasteiger partial charge < -0.3 is 14.8 Å². The fraction of sp³-hybridized carbons (Fsp3) is 0.412. The van der Waals surface area contributed by atoms with Crippen LogP contribution in [0.5, 0.6) is 0 Å². The maximum Gasteiger partial charge on any atom is 0.133 e. The van der Waals surface area contributed by atoms with Crippen LogP contribution in [0.1, 0.15) is 38.2 Å². The van der Waals surface area contributed by atoms with Gasteiger partial charge in [-0.05, 0) is 24.6 Å². The third-order valence-corrected chi connectivity index (χ3v) is 4.09. The summed E-state index contributed by atoms with van der Waals surface area (Å²) in [6.45, 7) is 7.03. The number of rotatable bonds is 6. The zero-order valence-electron chi connectivity index (χ0n) is 12.3. The number of aliphatic hydroxyl groups is 1. The summed E-state index contributed by atoms with van der Waals surface area (Å²) in [5.74, 6) is 0.599. The van der Waals surface area contributed by atoms with Crippen molar-refractivity contribution >= 4 is 0 Å². The van der Waals surface area contributed by atoms with Crippen LogP contribution in [0.25, 0.3) is 0 Å². The van der Waals surface area contributed by atoms with Gasteiger partial charge in [0.1, 0.15) is 11.9 Å². The molecular weight excluding hydrogens is 250 g/mol. The van der Waals surface area contributed by atoms with Crippen LogP contribution in [0, 0.1) is 0 Å². The minimum Gasteiger partial charge on any atom is -0.467 e. The van der Waals surface area contributed by atoms with Gasteiger partial charge in [0, 0.05) is 18.0 Å². The first-order valence-corrected chi connectivity index (χ1v) is 7.02. The summed E-state index contributed by atoms with van der Waals surface area (Å²) < 4.78 is 5.21. The molecule has 0 saturated carbocycles. The van der Waals surface area contributed by atoms with Crippen molar-refractivity contribution in [3.63, 3.8) is 0 Å². The quantitative estimate of drug-likeness (QED) is 0.849. The standard InChI is InChI=1S/C17H23NO2/c1-13(17(2,3)14-8-5-4-6-9-14)18-12-15(19)16-10-7-11-20-16/h4-11,13,15,18-19H,12H2,1-3H3. The van der Waals surface area contributed by atoms with Crippen LogP contribution in [0.3, 0.4) is 0 Å². The first-order valence-electron chi connectivity index (χ1n) is 7.02. The first kappa shape index (κ1) is 14.8. The smallest absolute Gasteiger partial charge is 0.133 e. The van der Waals surface area contributed by atoms with Crippen molar-refractivity contribution in [1.29, 1.82) is 0 Å². The van der Waals surface area contributed by atoms with Crippen molar-refractivity contribution in [1.82, 2.24) is 5.32 Å². The molecule has 2 N–H and O–H groups in total. The van der Waals surface area contributed by atoms with E-state index in [0.717, 1.165) is 0 Å². The zero-order valence-corrected chi connectivity index (χ0v) is 12.3. The van der Waals surface area contributed by atoms with Gasteiger partial charge in [-0.3, -0.25) is 0 Å². The van der Waals surface area contributed by atoms with E-state index in [4.69, 9.17) is 4.42 Å². The summed E-state index contributed by atoms with van der Waals surface area (Å²) >= 11 is 0. The predicted octanol–water partition coefficient (Wildman–Crippen LogP) is 3.27. The van der Waals surface area contributed by atoms with Crippen LogP contribution in [-0.2, 0) is 5.41 Å². The Balaban J connectivity index is 1.96. The second-order valence-corrected chi connectivity index (χ2v) is 5.75. The summed E-state index contributed by atoms with van der Waals surface area (Å²) in [6, 6.07) is 14.2. The Bertz CT molecular complexity index is 505. The number of furan rings is 1. The minimum atomic E-state index is -0.612. The monoisotopic (exact) mass is 273 g/mol. The molecule has 0 bridgehead atoms. The molecule has 0 fully saturated rings. The van der Waals surface area contributed by atoms with Gasteiger partial charge in [0.05, 0.1) is 6.26 Å². The third-order valence-electron chi connectivity index (χ3n) is 4.09. The van der Waals surface area contributed by atoms with Crippen LogP contribution in [0.4, 0.5) is 0 Å². The molecule has 2 aromatic rings. The van der Waals surface area contributed by atoms with Gasteiger partial charge in [-0.25, -0.2) is 0 Å². The van der Waals surface area contributed by atoms with Crippen LogP contribution in [0.2, 0.25) is 0 Å². The summed E-state index contributed by atoms with van der Waals surface area (Å²) in [6.07, 6.45) is 0.967. The second kappa shape index (κ2) is 6.25. The molecule has 1 aromatic heterocycles.